The summed E-state index contributed by atoms with van der Waals surface area (Å²) >= 11 is 0. The lowest BCUT2D eigenvalue weighted by atomic mass is 9.86. The Kier molecular flexibility index (Phi) is 4.71. The molecule has 9 rings (SSSR count). The molecule has 0 fully saturated rings. The number of hydrogen-bond acceptors (Lipinski definition) is 1. The summed E-state index contributed by atoms with van der Waals surface area (Å²) in [5.41, 5.74) is 5.96. The Labute approximate surface area is 242 Å². The van der Waals surface area contributed by atoms with Crippen molar-refractivity contribution in [2.45, 2.75) is 0 Å². The lowest BCUT2D eigenvalue weighted by Gasteiger charge is -2.18. The van der Waals surface area contributed by atoms with Gasteiger partial charge in [-0.25, -0.2) is 9.83 Å². The van der Waals surface area contributed by atoms with Crippen molar-refractivity contribution in [1.82, 2.24) is 4.98 Å². The van der Waals surface area contributed by atoms with Crippen molar-refractivity contribution in [3.05, 3.63) is 145 Å². The van der Waals surface area contributed by atoms with Crippen LogP contribution in [0.1, 0.15) is 0 Å². The Bertz CT molecular complexity index is 2550. The SMILES string of the molecule is [C-]#[N+]c1ccc(-c2nc3ccccc3c3c2cc(-c2ccc4ccc5cccc6ccc2c4c56)c2ccccc23)cc1. The lowest BCUT2D eigenvalue weighted by Crippen LogP contribution is -1.93. The van der Waals surface area contributed by atoms with Crippen molar-refractivity contribution in [2.24, 2.45) is 0 Å². The molecule has 0 atom stereocenters. The molecule has 0 N–H and O–H groups in total. The molecule has 0 saturated heterocycles. The molecule has 0 aliphatic rings. The van der Waals surface area contributed by atoms with Gasteiger partial charge in [0.15, 0.2) is 5.69 Å². The van der Waals surface area contributed by atoms with E-state index in [0.29, 0.717) is 5.69 Å². The highest BCUT2D eigenvalue weighted by Crippen LogP contribution is 2.45. The summed E-state index contributed by atoms with van der Waals surface area (Å²) < 4.78 is 0. The molecule has 0 spiro atoms. The van der Waals surface area contributed by atoms with E-state index in [1.807, 2.05) is 30.3 Å². The van der Waals surface area contributed by atoms with Crippen LogP contribution in [0.15, 0.2) is 133 Å². The monoisotopic (exact) mass is 530 g/mol. The number of rotatable bonds is 2. The van der Waals surface area contributed by atoms with Gasteiger partial charge in [-0.15, -0.1) is 0 Å². The number of pyridine rings is 1. The second-order valence-corrected chi connectivity index (χ2v) is 11.0. The highest BCUT2D eigenvalue weighted by Gasteiger charge is 2.19. The smallest absolute Gasteiger partial charge is 0.187 e. The molecular weight excluding hydrogens is 508 g/mol. The zero-order chi connectivity index (χ0) is 27.8. The maximum Gasteiger partial charge on any atom is 0.187 e. The molecule has 0 bridgehead atoms. The molecule has 0 amide bonds. The summed E-state index contributed by atoms with van der Waals surface area (Å²) in [6, 6.07) is 47.5. The van der Waals surface area contributed by atoms with Gasteiger partial charge in [0.1, 0.15) is 0 Å². The molecule has 0 aliphatic carbocycles. The Morgan fingerprint density at radius 1 is 0.452 bits per heavy atom. The quantitative estimate of drug-likeness (QED) is 0.160. The minimum absolute atomic E-state index is 0.628. The average Bonchev–Trinajstić information content (AvgIpc) is 3.06. The van der Waals surface area contributed by atoms with Crippen LogP contribution < -0.4 is 0 Å². The molecule has 1 heterocycles. The molecule has 0 unspecified atom stereocenters. The molecule has 0 aliphatic heterocycles. The lowest BCUT2D eigenvalue weighted by molar-refractivity contribution is 1.43. The summed E-state index contributed by atoms with van der Waals surface area (Å²) in [6.07, 6.45) is 0. The minimum atomic E-state index is 0.628. The minimum Gasteiger partial charge on any atom is -0.247 e. The Morgan fingerprint density at radius 2 is 1.12 bits per heavy atom. The van der Waals surface area contributed by atoms with Gasteiger partial charge >= 0.3 is 0 Å². The van der Waals surface area contributed by atoms with Crippen molar-refractivity contribution < 1.29 is 0 Å². The summed E-state index contributed by atoms with van der Waals surface area (Å²) in [5, 5.41) is 13.6. The van der Waals surface area contributed by atoms with Gasteiger partial charge in [-0.05, 0) is 71.9 Å². The third-order valence-corrected chi connectivity index (χ3v) is 8.79. The van der Waals surface area contributed by atoms with Crippen molar-refractivity contribution in [1.29, 1.82) is 0 Å². The van der Waals surface area contributed by atoms with Crippen molar-refractivity contribution in [3.8, 4) is 22.4 Å². The van der Waals surface area contributed by atoms with Crippen LogP contribution in [-0.4, -0.2) is 4.98 Å². The van der Waals surface area contributed by atoms with E-state index in [2.05, 4.69) is 108 Å². The molecule has 42 heavy (non-hydrogen) atoms. The van der Waals surface area contributed by atoms with Gasteiger partial charge in [0, 0.05) is 16.2 Å². The highest BCUT2D eigenvalue weighted by molar-refractivity contribution is 6.29. The number of fused-ring (bicyclic) bond motifs is 5. The number of benzene rings is 8. The molecule has 2 heteroatoms. The van der Waals surface area contributed by atoms with Gasteiger partial charge in [-0.2, -0.15) is 0 Å². The second kappa shape index (κ2) is 8.61. The van der Waals surface area contributed by atoms with Crippen LogP contribution in [-0.2, 0) is 0 Å². The standard InChI is InChI=1S/C40H22N2/c1-41-28-19-15-27(16-20-28)40-35-23-34(29-9-2-3-10-31(29)39(35)33-11-4-5-12-36(33)42-40)30-21-17-26-14-13-24-7-6-8-25-18-22-32(30)38(26)37(24)25/h2-23H. The van der Waals surface area contributed by atoms with Gasteiger partial charge in [-0.3, -0.25) is 0 Å². The zero-order valence-corrected chi connectivity index (χ0v) is 22.6. The summed E-state index contributed by atoms with van der Waals surface area (Å²) in [5.74, 6) is 0. The maximum atomic E-state index is 7.43. The van der Waals surface area contributed by atoms with Gasteiger partial charge in [0.2, 0.25) is 0 Å². The summed E-state index contributed by atoms with van der Waals surface area (Å²) in [6.45, 7) is 7.43. The fourth-order valence-corrected chi connectivity index (χ4v) is 6.92. The molecule has 0 saturated carbocycles. The van der Waals surface area contributed by atoms with Crippen LogP contribution in [0.5, 0.6) is 0 Å². The van der Waals surface area contributed by atoms with E-state index >= 15 is 0 Å². The van der Waals surface area contributed by atoms with E-state index in [-0.39, 0.29) is 0 Å². The predicted octanol–water partition coefficient (Wildman–Crippen LogP) is 11.3. The van der Waals surface area contributed by atoms with Gasteiger partial charge in [0.25, 0.3) is 0 Å². The highest BCUT2D eigenvalue weighted by atomic mass is 14.7. The molecule has 2 nitrogen and oxygen atoms in total. The van der Waals surface area contributed by atoms with Crippen molar-refractivity contribution in [2.75, 3.05) is 0 Å². The van der Waals surface area contributed by atoms with Crippen LogP contribution in [0.25, 0.3) is 92.0 Å². The molecular formula is C40H22N2. The van der Waals surface area contributed by atoms with Crippen molar-refractivity contribution >= 4 is 70.5 Å². The fraction of sp³-hybridized carbons (Fsp3) is 0. The van der Waals surface area contributed by atoms with E-state index in [4.69, 9.17) is 11.6 Å². The average molecular weight is 531 g/mol. The largest absolute Gasteiger partial charge is 0.247 e. The Morgan fingerprint density at radius 3 is 1.90 bits per heavy atom. The van der Waals surface area contributed by atoms with Gasteiger partial charge < -0.3 is 0 Å². The van der Waals surface area contributed by atoms with Gasteiger partial charge in [0.05, 0.1) is 17.8 Å². The van der Waals surface area contributed by atoms with E-state index in [1.54, 1.807) is 0 Å². The summed E-state index contributed by atoms with van der Waals surface area (Å²) in [4.78, 5) is 8.83. The molecule has 9 aromatic rings. The first-order chi connectivity index (χ1) is 20.8. The van der Waals surface area contributed by atoms with E-state index in [1.165, 1.54) is 59.6 Å². The maximum absolute atomic E-state index is 7.43. The molecule has 1 aromatic heterocycles. The third-order valence-electron chi connectivity index (χ3n) is 8.79. The zero-order valence-electron chi connectivity index (χ0n) is 22.6. The van der Waals surface area contributed by atoms with E-state index < -0.39 is 0 Å². The second-order valence-electron chi connectivity index (χ2n) is 11.0. The van der Waals surface area contributed by atoms with Crippen LogP contribution in [0, 0.1) is 6.57 Å². The number of hydrogen-bond donors (Lipinski definition) is 0. The molecule has 0 radical (unpaired) electrons. The fourth-order valence-electron chi connectivity index (χ4n) is 6.92. The first-order valence-corrected chi connectivity index (χ1v) is 14.2. The van der Waals surface area contributed by atoms with Crippen LogP contribution in [0.2, 0.25) is 0 Å². The first kappa shape index (κ1) is 23.0. The first-order valence-electron chi connectivity index (χ1n) is 14.2. The van der Waals surface area contributed by atoms with Crippen molar-refractivity contribution in [3.63, 3.8) is 0 Å². The molecule has 192 valence electrons. The van der Waals surface area contributed by atoms with E-state index in [9.17, 15) is 0 Å². The third kappa shape index (κ3) is 3.17. The molecule has 8 aromatic carbocycles. The van der Waals surface area contributed by atoms with Crippen LogP contribution >= 0.6 is 0 Å². The topological polar surface area (TPSA) is 17.2 Å². The van der Waals surface area contributed by atoms with E-state index in [0.717, 1.165) is 27.5 Å². The Hall–Kier alpha value is -5.78. The normalized spacial score (nSPS) is 11.8. The number of nitrogens with zero attached hydrogens (tertiary/aromatic N) is 2. The number of para-hydroxylation sites is 1. The van der Waals surface area contributed by atoms with Crippen LogP contribution in [0.3, 0.4) is 0 Å². The summed E-state index contributed by atoms with van der Waals surface area (Å²) in [7, 11) is 0. The number of aromatic nitrogens is 1. The van der Waals surface area contributed by atoms with Gasteiger partial charge in [-0.1, -0.05) is 121 Å². The Balaban J connectivity index is 1.46. The van der Waals surface area contributed by atoms with Crippen LogP contribution in [0.4, 0.5) is 5.69 Å². The predicted molar refractivity (Wildman–Crippen MR) is 178 cm³/mol.